The van der Waals surface area contributed by atoms with Crippen molar-refractivity contribution in [1.29, 1.82) is 0 Å². The fourth-order valence-electron chi connectivity index (χ4n) is 3.81. The first-order valence-electron chi connectivity index (χ1n) is 8.61. The first-order chi connectivity index (χ1) is 12.0. The van der Waals surface area contributed by atoms with Gasteiger partial charge in [-0.15, -0.1) is 11.3 Å². The van der Waals surface area contributed by atoms with Crippen molar-refractivity contribution in [3.63, 3.8) is 0 Å². The number of nitrogens with two attached hydrogens (primary N) is 1. The molecule has 0 bridgehead atoms. The van der Waals surface area contributed by atoms with E-state index < -0.39 is 0 Å². The van der Waals surface area contributed by atoms with Crippen LogP contribution in [0.3, 0.4) is 0 Å². The molecule has 2 aromatic heterocycles. The molecule has 2 atom stereocenters. The molecule has 1 aliphatic carbocycles. The molecule has 0 saturated heterocycles. The fourth-order valence-corrected chi connectivity index (χ4v) is 4.69. The summed E-state index contributed by atoms with van der Waals surface area (Å²) in [7, 11) is 4.21. The predicted molar refractivity (Wildman–Crippen MR) is 104 cm³/mol. The van der Waals surface area contributed by atoms with E-state index in [1.165, 1.54) is 16.9 Å². The molecular formula is C20H23N3OS. The highest BCUT2D eigenvalue weighted by atomic mass is 32.1. The van der Waals surface area contributed by atoms with Crippen LogP contribution in [0.2, 0.25) is 0 Å². The highest BCUT2D eigenvalue weighted by molar-refractivity contribution is 7.12. The molecule has 0 radical (unpaired) electrons. The van der Waals surface area contributed by atoms with Crippen molar-refractivity contribution in [3.8, 4) is 0 Å². The van der Waals surface area contributed by atoms with E-state index in [4.69, 9.17) is 5.73 Å². The van der Waals surface area contributed by atoms with Crippen molar-refractivity contribution in [2.75, 3.05) is 14.1 Å². The van der Waals surface area contributed by atoms with Gasteiger partial charge in [0, 0.05) is 34.2 Å². The van der Waals surface area contributed by atoms with E-state index in [1.807, 2.05) is 36.6 Å². The van der Waals surface area contributed by atoms with Gasteiger partial charge < -0.3 is 15.6 Å². The lowest BCUT2D eigenvalue weighted by molar-refractivity contribution is 0.104. The van der Waals surface area contributed by atoms with Crippen LogP contribution in [0.4, 0.5) is 0 Å². The van der Waals surface area contributed by atoms with Crippen LogP contribution in [0.25, 0.3) is 10.9 Å². The minimum Gasteiger partial charge on any atom is -0.357 e. The summed E-state index contributed by atoms with van der Waals surface area (Å²) in [6.07, 6.45) is 1.92. The molecule has 4 rings (SSSR count). The van der Waals surface area contributed by atoms with Crippen molar-refractivity contribution < 1.29 is 4.79 Å². The number of hydrogen-bond donors (Lipinski definition) is 2. The Morgan fingerprint density at radius 1 is 1.32 bits per heavy atom. The zero-order valence-electron chi connectivity index (χ0n) is 14.8. The number of nitrogens with one attached hydrogen (secondary N) is 1. The van der Waals surface area contributed by atoms with Crippen LogP contribution >= 0.6 is 11.3 Å². The van der Waals surface area contributed by atoms with Crippen molar-refractivity contribution in [2.24, 2.45) is 5.73 Å². The number of ketones is 1. The van der Waals surface area contributed by atoms with E-state index in [0.717, 1.165) is 45.4 Å². The lowest BCUT2D eigenvalue weighted by atomic mass is 9.87. The maximum Gasteiger partial charge on any atom is 0.203 e. The quantitative estimate of drug-likeness (QED) is 0.707. The van der Waals surface area contributed by atoms with E-state index >= 15 is 0 Å². The molecular weight excluding hydrogens is 330 g/mol. The molecule has 5 heteroatoms. The smallest absolute Gasteiger partial charge is 0.203 e. The molecule has 2 heterocycles. The van der Waals surface area contributed by atoms with Gasteiger partial charge in [-0.05, 0) is 74.6 Å². The summed E-state index contributed by atoms with van der Waals surface area (Å²) in [5.74, 6) is 0.105. The molecule has 25 heavy (non-hydrogen) atoms. The van der Waals surface area contributed by atoms with E-state index in [-0.39, 0.29) is 11.8 Å². The van der Waals surface area contributed by atoms with Crippen LogP contribution in [0.1, 0.15) is 44.5 Å². The molecule has 2 unspecified atom stereocenters. The summed E-state index contributed by atoms with van der Waals surface area (Å²) in [5.41, 5.74) is 11.7. The van der Waals surface area contributed by atoms with Crippen molar-refractivity contribution in [1.82, 2.24) is 9.88 Å². The standard InChI is InChI=1S/C20H23N3OS/c1-11-6-7-25-20(11)19(24)12-4-5-17-14(8-12)15-9-13(23(2)3)10-16(21)18(15)22-17/h4-8,13,16,22H,9-10,21H2,1-3H3. The SMILES string of the molecule is Cc1ccsc1C(=O)c1ccc2[nH]c3c(c2c1)CC(N(C)C)CC3N. The van der Waals surface area contributed by atoms with Crippen molar-refractivity contribution >= 4 is 28.0 Å². The van der Waals surface area contributed by atoms with Crippen LogP contribution in [-0.2, 0) is 6.42 Å². The first-order valence-corrected chi connectivity index (χ1v) is 9.49. The lowest BCUT2D eigenvalue weighted by Crippen LogP contribution is -2.37. The van der Waals surface area contributed by atoms with Gasteiger partial charge in [-0.3, -0.25) is 4.79 Å². The molecule has 1 aliphatic rings. The Bertz CT molecular complexity index is 953. The number of aryl methyl sites for hydroxylation is 1. The number of aromatic nitrogens is 1. The van der Waals surface area contributed by atoms with E-state index in [1.54, 1.807) is 0 Å². The van der Waals surface area contributed by atoms with Crippen LogP contribution < -0.4 is 5.73 Å². The molecule has 1 aromatic carbocycles. The van der Waals surface area contributed by atoms with Gasteiger partial charge in [0.1, 0.15) is 0 Å². The van der Waals surface area contributed by atoms with Crippen LogP contribution in [0.15, 0.2) is 29.6 Å². The normalized spacial score (nSPS) is 20.2. The number of rotatable bonds is 3. The Kier molecular flexibility index (Phi) is 4.02. The molecule has 130 valence electrons. The number of nitrogens with zero attached hydrogens (tertiary/aromatic N) is 1. The molecule has 4 nitrogen and oxygen atoms in total. The first kappa shape index (κ1) is 16.5. The third-order valence-electron chi connectivity index (χ3n) is 5.34. The van der Waals surface area contributed by atoms with Gasteiger partial charge >= 0.3 is 0 Å². The number of benzene rings is 1. The highest BCUT2D eigenvalue weighted by Gasteiger charge is 2.29. The average Bonchev–Trinajstić information content (AvgIpc) is 3.17. The van der Waals surface area contributed by atoms with Gasteiger partial charge in [-0.1, -0.05) is 0 Å². The second-order valence-electron chi connectivity index (χ2n) is 7.20. The zero-order chi connectivity index (χ0) is 17.7. The van der Waals surface area contributed by atoms with Crippen LogP contribution in [0, 0.1) is 6.92 Å². The van der Waals surface area contributed by atoms with Crippen molar-refractivity contribution in [2.45, 2.75) is 31.8 Å². The van der Waals surface area contributed by atoms with E-state index in [9.17, 15) is 4.79 Å². The van der Waals surface area contributed by atoms with Gasteiger partial charge in [0.2, 0.25) is 5.78 Å². The molecule has 3 N–H and O–H groups in total. The summed E-state index contributed by atoms with van der Waals surface area (Å²) >= 11 is 1.51. The topological polar surface area (TPSA) is 62.1 Å². The second-order valence-corrected chi connectivity index (χ2v) is 8.12. The summed E-state index contributed by atoms with van der Waals surface area (Å²) in [4.78, 5) is 19.4. The summed E-state index contributed by atoms with van der Waals surface area (Å²) in [5, 5.41) is 3.11. The van der Waals surface area contributed by atoms with Gasteiger partial charge in [0.25, 0.3) is 0 Å². The monoisotopic (exact) mass is 353 g/mol. The number of H-pyrrole nitrogens is 1. The number of carbonyl (C=O) groups excluding carboxylic acids is 1. The van der Waals surface area contributed by atoms with Gasteiger partial charge in [-0.2, -0.15) is 0 Å². The third kappa shape index (κ3) is 2.72. The average molecular weight is 353 g/mol. The van der Waals surface area contributed by atoms with Crippen LogP contribution in [-0.4, -0.2) is 35.8 Å². The van der Waals surface area contributed by atoms with E-state index in [0.29, 0.717) is 6.04 Å². The molecule has 0 spiro atoms. The highest BCUT2D eigenvalue weighted by Crippen LogP contribution is 2.35. The Balaban J connectivity index is 1.80. The second kappa shape index (κ2) is 6.09. The fraction of sp³-hybridized carbons (Fsp3) is 0.350. The maximum atomic E-state index is 12.9. The largest absolute Gasteiger partial charge is 0.357 e. The van der Waals surface area contributed by atoms with Crippen LogP contribution in [0.5, 0.6) is 0 Å². The molecule has 0 saturated carbocycles. The third-order valence-corrected chi connectivity index (χ3v) is 6.35. The number of thiophene rings is 1. The minimum atomic E-state index is 0.0160. The minimum absolute atomic E-state index is 0.0160. The predicted octanol–water partition coefficient (Wildman–Crippen LogP) is 3.65. The van der Waals surface area contributed by atoms with E-state index in [2.05, 4.69) is 24.0 Å². The molecule has 3 aromatic rings. The lowest BCUT2D eigenvalue weighted by Gasteiger charge is -2.31. The number of likely N-dealkylation sites (N-methyl/N-ethyl adjacent to an activating group) is 1. The van der Waals surface area contributed by atoms with Gasteiger partial charge in [0.05, 0.1) is 4.88 Å². The van der Waals surface area contributed by atoms with Crippen molar-refractivity contribution in [3.05, 3.63) is 56.9 Å². The summed E-state index contributed by atoms with van der Waals surface area (Å²) in [6, 6.07) is 8.41. The Morgan fingerprint density at radius 3 is 2.80 bits per heavy atom. The Hall–Kier alpha value is -1.95. The summed E-state index contributed by atoms with van der Waals surface area (Å²) < 4.78 is 0. The number of fused-ring (bicyclic) bond motifs is 3. The van der Waals surface area contributed by atoms with Gasteiger partial charge in [0.15, 0.2) is 0 Å². The summed E-state index contributed by atoms with van der Waals surface area (Å²) in [6.45, 7) is 1.99. The Morgan fingerprint density at radius 2 is 2.12 bits per heavy atom. The number of hydrogen-bond acceptors (Lipinski definition) is 4. The van der Waals surface area contributed by atoms with Gasteiger partial charge in [-0.25, -0.2) is 0 Å². The molecule has 0 amide bonds. The Labute approximate surface area is 151 Å². The molecule has 0 aliphatic heterocycles. The molecule has 0 fully saturated rings. The number of carbonyl (C=O) groups is 1. The zero-order valence-corrected chi connectivity index (χ0v) is 15.6. The number of aromatic amines is 1. The maximum absolute atomic E-state index is 12.9.